The van der Waals surface area contributed by atoms with Crippen molar-refractivity contribution in [1.82, 2.24) is 14.5 Å². The van der Waals surface area contributed by atoms with Crippen LogP contribution in [-0.2, 0) is 0 Å². The summed E-state index contributed by atoms with van der Waals surface area (Å²) in [5.41, 5.74) is 2.77. The topological polar surface area (TPSA) is 51.3 Å². The number of benzene rings is 1. The molecule has 0 unspecified atom stereocenters. The Bertz CT molecular complexity index is 820. The fraction of sp³-hybridized carbons (Fsp3) is 0.294. The summed E-state index contributed by atoms with van der Waals surface area (Å²) >= 11 is 0. The van der Waals surface area contributed by atoms with Crippen LogP contribution in [0.15, 0.2) is 47.3 Å². The van der Waals surface area contributed by atoms with E-state index in [1.54, 1.807) is 6.07 Å². The average Bonchev–Trinajstić information content (AvgIpc) is 3.25. The van der Waals surface area contributed by atoms with E-state index in [4.69, 9.17) is 4.42 Å². The van der Waals surface area contributed by atoms with Crippen molar-refractivity contribution in [3.05, 3.63) is 54.2 Å². The number of rotatable bonds is 2. The van der Waals surface area contributed by atoms with Gasteiger partial charge in [0.05, 0.1) is 28.9 Å². The molecule has 0 aliphatic carbocycles. The number of amides is 1. The molecule has 1 atom stereocenters. The lowest BCUT2D eigenvalue weighted by Gasteiger charge is -2.18. The van der Waals surface area contributed by atoms with Crippen LogP contribution in [0, 0.1) is 6.92 Å². The summed E-state index contributed by atoms with van der Waals surface area (Å²) in [6.07, 6.45) is 3.99. The SMILES string of the molecule is Cc1nc2ccccc2n1[C@H]1CCN(C(=O)c2ccoc2)C1. The molecular formula is C17H17N3O2. The van der Waals surface area contributed by atoms with E-state index in [9.17, 15) is 4.79 Å². The number of fused-ring (bicyclic) bond motifs is 1. The molecule has 0 saturated carbocycles. The van der Waals surface area contributed by atoms with Crippen LogP contribution in [0.4, 0.5) is 0 Å². The molecular weight excluding hydrogens is 278 g/mol. The molecule has 0 spiro atoms. The van der Waals surface area contributed by atoms with Crippen molar-refractivity contribution < 1.29 is 9.21 Å². The molecule has 1 aliphatic heterocycles. The van der Waals surface area contributed by atoms with Crippen LogP contribution in [0.3, 0.4) is 0 Å². The largest absolute Gasteiger partial charge is 0.472 e. The molecule has 4 rings (SSSR count). The van der Waals surface area contributed by atoms with Crippen LogP contribution in [0.2, 0.25) is 0 Å². The first-order chi connectivity index (χ1) is 10.7. The lowest BCUT2D eigenvalue weighted by molar-refractivity contribution is 0.0787. The molecule has 3 heterocycles. The Hall–Kier alpha value is -2.56. The summed E-state index contributed by atoms with van der Waals surface area (Å²) in [4.78, 5) is 18.9. The van der Waals surface area contributed by atoms with Crippen LogP contribution < -0.4 is 0 Å². The Morgan fingerprint density at radius 3 is 3.00 bits per heavy atom. The highest BCUT2D eigenvalue weighted by atomic mass is 16.3. The van der Waals surface area contributed by atoms with E-state index in [-0.39, 0.29) is 11.9 Å². The van der Waals surface area contributed by atoms with Gasteiger partial charge < -0.3 is 13.9 Å². The molecule has 22 heavy (non-hydrogen) atoms. The summed E-state index contributed by atoms with van der Waals surface area (Å²) < 4.78 is 7.27. The van der Waals surface area contributed by atoms with E-state index in [0.717, 1.165) is 29.8 Å². The van der Waals surface area contributed by atoms with Crippen LogP contribution in [0.25, 0.3) is 11.0 Å². The second kappa shape index (κ2) is 5.02. The van der Waals surface area contributed by atoms with E-state index in [1.807, 2.05) is 30.0 Å². The van der Waals surface area contributed by atoms with Gasteiger partial charge in [0.1, 0.15) is 12.1 Å². The number of likely N-dealkylation sites (tertiary alicyclic amines) is 1. The molecule has 1 amide bonds. The standard InChI is InChI=1S/C17H17N3O2/c1-12-18-15-4-2-3-5-16(15)20(12)14-6-8-19(10-14)17(21)13-7-9-22-11-13/h2-5,7,9,11,14H,6,8,10H2,1H3/t14-/m0/s1. The fourth-order valence-electron chi connectivity index (χ4n) is 3.33. The van der Waals surface area contributed by atoms with Gasteiger partial charge >= 0.3 is 0 Å². The van der Waals surface area contributed by atoms with E-state index in [2.05, 4.69) is 15.6 Å². The number of aromatic nitrogens is 2. The number of hydrogen-bond acceptors (Lipinski definition) is 3. The maximum atomic E-state index is 12.4. The first-order valence-corrected chi connectivity index (χ1v) is 7.49. The van der Waals surface area contributed by atoms with Gasteiger partial charge in [0, 0.05) is 13.1 Å². The van der Waals surface area contributed by atoms with Crippen molar-refractivity contribution in [3.63, 3.8) is 0 Å². The third-order valence-electron chi connectivity index (χ3n) is 4.36. The maximum Gasteiger partial charge on any atom is 0.257 e. The highest BCUT2D eigenvalue weighted by molar-refractivity contribution is 5.94. The van der Waals surface area contributed by atoms with Crippen molar-refractivity contribution in [1.29, 1.82) is 0 Å². The molecule has 5 heteroatoms. The van der Waals surface area contributed by atoms with Gasteiger partial charge in [0.25, 0.3) is 5.91 Å². The van der Waals surface area contributed by atoms with Crippen molar-refractivity contribution in [2.75, 3.05) is 13.1 Å². The van der Waals surface area contributed by atoms with E-state index in [0.29, 0.717) is 12.1 Å². The highest BCUT2D eigenvalue weighted by Crippen LogP contribution is 2.28. The Morgan fingerprint density at radius 1 is 1.32 bits per heavy atom. The molecule has 112 valence electrons. The minimum Gasteiger partial charge on any atom is -0.472 e. The molecule has 0 bridgehead atoms. The van der Waals surface area contributed by atoms with Crippen molar-refractivity contribution in [2.45, 2.75) is 19.4 Å². The third-order valence-corrected chi connectivity index (χ3v) is 4.36. The lowest BCUT2D eigenvalue weighted by atomic mass is 10.2. The Morgan fingerprint density at radius 2 is 2.18 bits per heavy atom. The maximum absolute atomic E-state index is 12.4. The average molecular weight is 295 g/mol. The van der Waals surface area contributed by atoms with Crippen molar-refractivity contribution >= 4 is 16.9 Å². The predicted octanol–water partition coefficient (Wildman–Crippen LogP) is 3.02. The van der Waals surface area contributed by atoms with Gasteiger partial charge in [-0.05, 0) is 31.5 Å². The van der Waals surface area contributed by atoms with Gasteiger partial charge in [-0.15, -0.1) is 0 Å². The molecule has 3 aromatic rings. The van der Waals surface area contributed by atoms with Gasteiger partial charge in [0.15, 0.2) is 0 Å². The van der Waals surface area contributed by atoms with E-state index >= 15 is 0 Å². The van der Waals surface area contributed by atoms with Gasteiger partial charge in [-0.1, -0.05) is 12.1 Å². The monoisotopic (exact) mass is 295 g/mol. The van der Waals surface area contributed by atoms with Gasteiger partial charge in [-0.3, -0.25) is 4.79 Å². The van der Waals surface area contributed by atoms with Crippen molar-refractivity contribution in [3.8, 4) is 0 Å². The minimum atomic E-state index is 0.0401. The number of furan rings is 1. The quantitative estimate of drug-likeness (QED) is 0.730. The Labute approximate surface area is 128 Å². The van der Waals surface area contributed by atoms with Crippen LogP contribution >= 0.6 is 0 Å². The molecule has 5 nitrogen and oxygen atoms in total. The second-order valence-corrected chi connectivity index (χ2v) is 5.72. The lowest BCUT2D eigenvalue weighted by Crippen LogP contribution is -2.28. The number of carbonyl (C=O) groups is 1. The minimum absolute atomic E-state index is 0.0401. The summed E-state index contributed by atoms with van der Waals surface area (Å²) in [6, 6.07) is 10.2. The van der Waals surface area contributed by atoms with Gasteiger partial charge in [0.2, 0.25) is 0 Å². The number of imidazole rings is 1. The molecule has 1 aromatic carbocycles. The number of nitrogens with zero attached hydrogens (tertiary/aromatic N) is 3. The number of carbonyl (C=O) groups excluding carboxylic acids is 1. The highest BCUT2D eigenvalue weighted by Gasteiger charge is 2.30. The molecule has 1 aliphatic rings. The van der Waals surface area contributed by atoms with Crippen LogP contribution in [0.1, 0.15) is 28.6 Å². The van der Waals surface area contributed by atoms with Gasteiger partial charge in [-0.25, -0.2) is 4.98 Å². The zero-order valence-corrected chi connectivity index (χ0v) is 12.4. The normalized spacial score (nSPS) is 18.2. The predicted molar refractivity (Wildman–Crippen MR) is 82.7 cm³/mol. The smallest absolute Gasteiger partial charge is 0.257 e. The second-order valence-electron chi connectivity index (χ2n) is 5.72. The summed E-state index contributed by atoms with van der Waals surface area (Å²) in [5.74, 6) is 1.04. The summed E-state index contributed by atoms with van der Waals surface area (Å²) in [7, 11) is 0. The zero-order valence-electron chi connectivity index (χ0n) is 12.4. The fourth-order valence-corrected chi connectivity index (χ4v) is 3.33. The van der Waals surface area contributed by atoms with E-state index in [1.165, 1.54) is 12.5 Å². The molecule has 2 aromatic heterocycles. The van der Waals surface area contributed by atoms with Crippen LogP contribution in [-0.4, -0.2) is 33.4 Å². The Balaban J connectivity index is 1.62. The molecule has 1 saturated heterocycles. The first-order valence-electron chi connectivity index (χ1n) is 7.49. The first kappa shape index (κ1) is 13.1. The van der Waals surface area contributed by atoms with Crippen molar-refractivity contribution in [2.24, 2.45) is 0 Å². The number of hydrogen-bond donors (Lipinski definition) is 0. The third kappa shape index (κ3) is 2.01. The number of para-hydroxylation sites is 2. The Kier molecular flexibility index (Phi) is 2.99. The molecule has 0 N–H and O–H groups in total. The zero-order chi connectivity index (χ0) is 15.1. The molecule has 0 radical (unpaired) electrons. The van der Waals surface area contributed by atoms with Gasteiger partial charge in [-0.2, -0.15) is 0 Å². The molecule has 1 fully saturated rings. The summed E-state index contributed by atoms with van der Waals surface area (Å²) in [5, 5.41) is 0. The summed E-state index contributed by atoms with van der Waals surface area (Å²) in [6.45, 7) is 3.51. The number of aryl methyl sites for hydroxylation is 1. The van der Waals surface area contributed by atoms with Crippen LogP contribution in [0.5, 0.6) is 0 Å². The van der Waals surface area contributed by atoms with E-state index < -0.39 is 0 Å².